The van der Waals surface area contributed by atoms with E-state index in [4.69, 9.17) is 0 Å². The van der Waals surface area contributed by atoms with Crippen molar-refractivity contribution in [1.29, 1.82) is 0 Å². The fourth-order valence-electron chi connectivity index (χ4n) is 1.63. The minimum atomic E-state index is -0.483. The Labute approximate surface area is 101 Å². The van der Waals surface area contributed by atoms with Crippen LogP contribution in [0.25, 0.3) is 0 Å². The zero-order valence-electron chi connectivity index (χ0n) is 10.4. The van der Waals surface area contributed by atoms with Crippen LogP contribution in [-0.2, 0) is 0 Å². The molecule has 94 valence electrons. The molecule has 0 aliphatic heterocycles. The van der Waals surface area contributed by atoms with E-state index in [9.17, 15) is 14.3 Å². The lowest BCUT2D eigenvalue weighted by Crippen LogP contribution is -2.39. The van der Waals surface area contributed by atoms with Gasteiger partial charge in [0.25, 0.3) is 0 Å². The molecule has 2 unspecified atom stereocenters. The summed E-state index contributed by atoms with van der Waals surface area (Å²) in [4.78, 5) is 13.8. The van der Waals surface area contributed by atoms with Gasteiger partial charge in [-0.2, -0.15) is 0 Å². The number of hydrogen-bond donors (Lipinski definition) is 1. The Bertz CT molecular complexity index is 376. The molecular formula is C13H18FNO2. The Morgan fingerprint density at radius 2 is 1.88 bits per heavy atom. The minimum Gasteiger partial charge on any atom is -0.392 e. The summed E-state index contributed by atoms with van der Waals surface area (Å²) in [6.45, 7) is 3.87. The largest absolute Gasteiger partial charge is 0.392 e. The van der Waals surface area contributed by atoms with Gasteiger partial charge in [-0.3, -0.25) is 9.69 Å². The Kier molecular flexibility index (Phi) is 4.78. The average Bonchev–Trinajstić information content (AvgIpc) is 2.27. The van der Waals surface area contributed by atoms with Gasteiger partial charge in [0.2, 0.25) is 0 Å². The molecule has 0 radical (unpaired) electrons. The Morgan fingerprint density at radius 3 is 2.35 bits per heavy atom. The van der Waals surface area contributed by atoms with E-state index in [0.29, 0.717) is 12.1 Å². The third kappa shape index (κ3) is 3.91. The third-order valence-electron chi connectivity index (χ3n) is 2.72. The number of nitrogens with zero attached hydrogens (tertiary/aromatic N) is 1. The number of carbonyl (C=O) groups is 1. The molecule has 1 aromatic carbocycles. The molecule has 0 aromatic heterocycles. The van der Waals surface area contributed by atoms with Crippen LogP contribution in [0.1, 0.15) is 24.2 Å². The van der Waals surface area contributed by atoms with Crippen molar-refractivity contribution >= 4 is 5.78 Å². The van der Waals surface area contributed by atoms with Gasteiger partial charge < -0.3 is 5.11 Å². The van der Waals surface area contributed by atoms with Crippen molar-refractivity contribution in [1.82, 2.24) is 4.90 Å². The van der Waals surface area contributed by atoms with Crippen LogP contribution in [0.3, 0.4) is 0 Å². The van der Waals surface area contributed by atoms with Gasteiger partial charge >= 0.3 is 0 Å². The first-order valence-electron chi connectivity index (χ1n) is 5.60. The molecule has 0 bridgehead atoms. The van der Waals surface area contributed by atoms with E-state index < -0.39 is 6.10 Å². The van der Waals surface area contributed by atoms with Gasteiger partial charge in [-0.15, -0.1) is 0 Å². The summed E-state index contributed by atoms with van der Waals surface area (Å²) >= 11 is 0. The van der Waals surface area contributed by atoms with Crippen molar-refractivity contribution in [2.45, 2.75) is 26.0 Å². The molecule has 0 saturated carbocycles. The van der Waals surface area contributed by atoms with Gasteiger partial charge in [0.15, 0.2) is 5.78 Å². The molecule has 17 heavy (non-hydrogen) atoms. The number of Topliss-reactive ketones (excluding diaryl/α,β-unsaturated/α-hetero) is 1. The molecule has 1 rings (SSSR count). The van der Waals surface area contributed by atoms with Crippen molar-refractivity contribution in [2.75, 3.05) is 13.6 Å². The lowest BCUT2D eigenvalue weighted by atomic mass is 10.0. The lowest BCUT2D eigenvalue weighted by Gasteiger charge is -2.24. The molecule has 0 spiro atoms. The molecule has 3 nitrogen and oxygen atoms in total. The first kappa shape index (κ1) is 13.8. The second kappa shape index (κ2) is 5.89. The molecular weight excluding hydrogens is 221 g/mol. The number of aliphatic hydroxyl groups is 1. The lowest BCUT2D eigenvalue weighted by molar-refractivity contribution is 0.0788. The van der Waals surface area contributed by atoms with Crippen molar-refractivity contribution < 1.29 is 14.3 Å². The van der Waals surface area contributed by atoms with Gasteiger partial charge in [-0.05, 0) is 45.2 Å². The predicted octanol–water partition coefficient (Wildman–Crippen LogP) is 1.71. The molecule has 0 saturated heterocycles. The normalized spacial score (nSPS) is 14.7. The summed E-state index contributed by atoms with van der Waals surface area (Å²) in [6.07, 6.45) is -0.483. The summed E-state index contributed by atoms with van der Waals surface area (Å²) in [6, 6.07) is 5.16. The number of aliphatic hydroxyl groups excluding tert-OH is 1. The number of hydrogen-bond acceptors (Lipinski definition) is 3. The highest BCUT2D eigenvalue weighted by Crippen LogP contribution is 2.09. The second-order valence-electron chi connectivity index (χ2n) is 4.34. The quantitative estimate of drug-likeness (QED) is 0.795. The smallest absolute Gasteiger partial charge is 0.179 e. The van der Waals surface area contributed by atoms with E-state index in [-0.39, 0.29) is 17.6 Å². The Balaban J connectivity index is 2.72. The topological polar surface area (TPSA) is 40.5 Å². The van der Waals surface area contributed by atoms with Crippen LogP contribution in [0.4, 0.5) is 4.39 Å². The highest BCUT2D eigenvalue weighted by Gasteiger charge is 2.20. The summed E-state index contributed by atoms with van der Waals surface area (Å²) in [7, 11) is 1.78. The fraction of sp³-hybridized carbons (Fsp3) is 0.462. The third-order valence-corrected chi connectivity index (χ3v) is 2.72. The van der Waals surface area contributed by atoms with Crippen LogP contribution in [0.5, 0.6) is 0 Å². The second-order valence-corrected chi connectivity index (χ2v) is 4.34. The van der Waals surface area contributed by atoms with Crippen molar-refractivity contribution in [3.05, 3.63) is 35.6 Å². The van der Waals surface area contributed by atoms with Crippen molar-refractivity contribution in [2.24, 2.45) is 0 Å². The molecule has 4 heteroatoms. The van der Waals surface area contributed by atoms with Crippen LogP contribution in [0.15, 0.2) is 24.3 Å². The molecule has 1 aromatic rings. The monoisotopic (exact) mass is 239 g/mol. The van der Waals surface area contributed by atoms with E-state index in [1.807, 2.05) is 0 Å². The van der Waals surface area contributed by atoms with Crippen LogP contribution in [0.2, 0.25) is 0 Å². The number of benzene rings is 1. The van der Waals surface area contributed by atoms with Gasteiger partial charge in [-0.25, -0.2) is 4.39 Å². The number of carbonyl (C=O) groups excluding carboxylic acids is 1. The van der Waals surface area contributed by atoms with Crippen molar-refractivity contribution in [3.8, 4) is 0 Å². The number of ketones is 1. The maximum absolute atomic E-state index is 12.7. The zero-order chi connectivity index (χ0) is 13.0. The van der Waals surface area contributed by atoms with E-state index >= 15 is 0 Å². The van der Waals surface area contributed by atoms with E-state index in [2.05, 4.69) is 0 Å². The maximum atomic E-state index is 12.7. The van der Waals surface area contributed by atoms with Crippen LogP contribution >= 0.6 is 0 Å². The van der Waals surface area contributed by atoms with E-state index in [1.165, 1.54) is 24.3 Å². The summed E-state index contributed by atoms with van der Waals surface area (Å²) in [5.41, 5.74) is 0.483. The SMILES string of the molecule is CC(O)CN(C)C(C)C(=O)c1ccc(F)cc1. The number of halogens is 1. The van der Waals surface area contributed by atoms with Crippen LogP contribution in [0, 0.1) is 5.82 Å². The van der Waals surface area contributed by atoms with Gasteiger partial charge in [0.05, 0.1) is 12.1 Å². The van der Waals surface area contributed by atoms with Gasteiger partial charge in [0.1, 0.15) is 5.82 Å². The number of rotatable bonds is 5. The molecule has 0 aliphatic carbocycles. The van der Waals surface area contributed by atoms with Gasteiger partial charge in [-0.1, -0.05) is 0 Å². The first-order chi connectivity index (χ1) is 7.91. The highest BCUT2D eigenvalue weighted by atomic mass is 19.1. The van der Waals surface area contributed by atoms with Crippen LogP contribution in [-0.4, -0.2) is 41.5 Å². The average molecular weight is 239 g/mol. The highest BCUT2D eigenvalue weighted by molar-refractivity contribution is 5.99. The first-order valence-corrected chi connectivity index (χ1v) is 5.60. The minimum absolute atomic E-state index is 0.0758. The van der Waals surface area contributed by atoms with E-state index in [1.54, 1.807) is 25.8 Å². The van der Waals surface area contributed by atoms with Gasteiger partial charge in [0, 0.05) is 12.1 Å². The summed E-state index contributed by atoms with van der Waals surface area (Å²) in [5, 5.41) is 9.26. The molecule has 0 amide bonds. The molecule has 1 N–H and O–H groups in total. The molecule has 0 aliphatic rings. The summed E-state index contributed by atoms with van der Waals surface area (Å²) in [5.74, 6) is -0.431. The number of likely N-dealkylation sites (N-methyl/N-ethyl adjacent to an activating group) is 1. The molecule has 0 heterocycles. The Hall–Kier alpha value is -1.26. The Morgan fingerprint density at radius 1 is 1.35 bits per heavy atom. The zero-order valence-corrected chi connectivity index (χ0v) is 10.4. The predicted molar refractivity (Wildman–Crippen MR) is 64.5 cm³/mol. The maximum Gasteiger partial charge on any atom is 0.179 e. The summed E-state index contributed by atoms with van der Waals surface area (Å²) < 4.78 is 12.7. The molecule has 0 fully saturated rings. The van der Waals surface area contributed by atoms with E-state index in [0.717, 1.165) is 0 Å². The van der Waals surface area contributed by atoms with Crippen LogP contribution < -0.4 is 0 Å². The van der Waals surface area contributed by atoms with Crippen molar-refractivity contribution in [3.63, 3.8) is 0 Å². The fourth-order valence-corrected chi connectivity index (χ4v) is 1.63. The molecule has 2 atom stereocenters. The standard InChI is InChI=1S/C13H18FNO2/c1-9(16)8-15(3)10(2)13(17)11-4-6-12(14)7-5-11/h4-7,9-10,16H,8H2,1-3H3.